The predicted molar refractivity (Wildman–Crippen MR) is 97.0 cm³/mol. The second-order valence-corrected chi connectivity index (χ2v) is 6.12. The average molecular weight is 378 g/mol. The summed E-state index contributed by atoms with van der Waals surface area (Å²) in [5.41, 5.74) is 2.70. The topological polar surface area (TPSA) is 47.9 Å². The lowest BCUT2D eigenvalue weighted by Crippen LogP contribution is -1.91. The molecule has 0 spiro atoms. The SMILES string of the molecule is Brc1ccc(-c2cc(Oc3ccc4cccnc4c3)ncn2)cc1. The average Bonchev–Trinajstić information content (AvgIpc) is 2.62. The highest BCUT2D eigenvalue weighted by Gasteiger charge is 2.05. The maximum absolute atomic E-state index is 5.87. The van der Waals surface area contributed by atoms with E-state index in [1.165, 1.54) is 6.33 Å². The Morgan fingerprint density at radius 1 is 0.833 bits per heavy atom. The van der Waals surface area contributed by atoms with Crippen molar-refractivity contribution in [1.82, 2.24) is 15.0 Å². The van der Waals surface area contributed by atoms with Gasteiger partial charge in [-0.1, -0.05) is 34.1 Å². The van der Waals surface area contributed by atoms with Crippen molar-refractivity contribution in [3.63, 3.8) is 0 Å². The summed E-state index contributed by atoms with van der Waals surface area (Å²) in [7, 11) is 0. The lowest BCUT2D eigenvalue weighted by molar-refractivity contribution is 0.462. The monoisotopic (exact) mass is 377 g/mol. The second-order valence-electron chi connectivity index (χ2n) is 5.21. The molecule has 2 aromatic heterocycles. The predicted octanol–water partition coefficient (Wildman–Crippen LogP) is 5.25. The molecule has 0 saturated carbocycles. The van der Waals surface area contributed by atoms with Gasteiger partial charge in [-0.2, -0.15) is 0 Å². The molecule has 0 saturated heterocycles. The van der Waals surface area contributed by atoms with Gasteiger partial charge < -0.3 is 4.74 Å². The summed E-state index contributed by atoms with van der Waals surface area (Å²) in [6.07, 6.45) is 3.27. The van der Waals surface area contributed by atoms with Gasteiger partial charge in [-0.15, -0.1) is 0 Å². The number of hydrogen-bond acceptors (Lipinski definition) is 4. The molecule has 0 radical (unpaired) electrons. The third-order valence-corrected chi connectivity index (χ3v) is 4.11. The van der Waals surface area contributed by atoms with Crippen LogP contribution in [0.5, 0.6) is 11.6 Å². The summed E-state index contributed by atoms with van der Waals surface area (Å²) >= 11 is 3.43. The zero-order valence-corrected chi connectivity index (χ0v) is 14.1. The molecule has 0 unspecified atom stereocenters. The van der Waals surface area contributed by atoms with Gasteiger partial charge in [0.25, 0.3) is 0 Å². The quantitative estimate of drug-likeness (QED) is 0.489. The van der Waals surface area contributed by atoms with Crippen molar-refractivity contribution in [2.75, 3.05) is 0 Å². The van der Waals surface area contributed by atoms with Gasteiger partial charge >= 0.3 is 0 Å². The molecular formula is C19H12BrN3O. The van der Waals surface area contributed by atoms with Crippen LogP contribution < -0.4 is 4.74 Å². The van der Waals surface area contributed by atoms with Crippen molar-refractivity contribution in [3.8, 4) is 22.9 Å². The molecular weight excluding hydrogens is 366 g/mol. The van der Waals surface area contributed by atoms with Crippen LogP contribution >= 0.6 is 15.9 Å². The van der Waals surface area contributed by atoms with E-state index in [1.54, 1.807) is 6.20 Å². The third kappa shape index (κ3) is 3.12. The Hall–Kier alpha value is -2.79. The van der Waals surface area contributed by atoms with Crippen LogP contribution in [0.4, 0.5) is 0 Å². The van der Waals surface area contributed by atoms with Crippen LogP contribution in [0, 0.1) is 0 Å². The highest BCUT2D eigenvalue weighted by Crippen LogP contribution is 2.26. The van der Waals surface area contributed by atoms with E-state index in [1.807, 2.05) is 60.7 Å². The highest BCUT2D eigenvalue weighted by atomic mass is 79.9. The molecule has 4 nitrogen and oxygen atoms in total. The molecule has 0 amide bonds. The van der Waals surface area contributed by atoms with Crippen LogP contribution in [0.1, 0.15) is 0 Å². The van der Waals surface area contributed by atoms with Crippen LogP contribution in [0.3, 0.4) is 0 Å². The number of halogens is 1. The molecule has 4 aromatic rings. The first-order chi connectivity index (χ1) is 11.8. The number of aromatic nitrogens is 3. The summed E-state index contributed by atoms with van der Waals surface area (Å²) in [6, 6.07) is 19.5. The molecule has 24 heavy (non-hydrogen) atoms. The van der Waals surface area contributed by atoms with Crippen LogP contribution in [-0.4, -0.2) is 15.0 Å². The lowest BCUT2D eigenvalue weighted by Gasteiger charge is -2.07. The van der Waals surface area contributed by atoms with E-state index >= 15 is 0 Å². The number of nitrogens with zero attached hydrogens (tertiary/aromatic N) is 3. The van der Waals surface area contributed by atoms with Crippen molar-refractivity contribution in [2.24, 2.45) is 0 Å². The van der Waals surface area contributed by atoms with Crippen molar-refractivity contribution in [1.29, 1.82) is 0 Å². The minimum atomic E-state index is 0.498. The fourth-order valence-electron chi connectivity index (χ4n) is 2.40. The maximum Gasteiger partial charge on any atom is 0.222 e. The van der Waals surface area contributed by atoms with Crippen molar-refractivity contribution < 1.29 is 4.74 Å². The van der Waals surface area contributed by atoms with Gasteiger partial charge in [0.1, 0.15) is 12.1 Å². The molecule has 0 aliphatic carbocycles. The summed E-state index contributed by atoms with van der Waals surface area (Å²) in [5, 5.41) is 1.07. The number of pyridine rings is 1. The summed E-state index contributed by atoms with van der Waals surface area (Å²) < 4.78 is 6.90. The smallest absolute Gasteiger partial charge is 0.222 e. The van der Waals surface area contributed by atoms with E-state index in [2.05, 4.69) is 30.9 Å². The zero-order valence-electron chi connectivity index (χ0n) is 12.6. The Balaban J connectivity index is 1.64. The van der Waals surface area contributed by atoms with Crippen LogP contribution in [-0.2, 0) is 0 Å². The van der Waals surface area contributed by atoms with Crippen LogP contribution in [0.25, 0.3) is 22.2 Å². The van der Waals surface area contributed by atoms with E-state index in [0.29, 0.717) is 11.6 Å². The van der Waals surface area contributed by atoms with Gasteiger partial charge in [-0.25, -0.2) is 9.97 Å². The number of hydrogen-bond donors (Lipinski definition) is 0. The van der Waals surface area contributed by atoms with E-state index in [-0.39, 0.29) is 0 Å². The standard InChI is InChI=1S/C19H12BrN3O/c20-15-6-3-14(4-7-15)18-11-19(23-12-22-18)24-16-8-5-13-2-1-9-21-17(13)10-16/h1-12H. The summed E-state index contributed by atoms with van der Waals surface area (Å²) in [5.74, 6) is 1.19. The highest BCUT2D eigenvalue weighted by molar-refractivity contribution is 9.10. The Bertz CT molecular complexity index is 1000. The Morgan fingerprint density at radius 3 is 2.58 bits per heavy atom. The van der Waals surface area contributed by atoms with E-state index in [4.69, 9.17) is 4.74 Å². The van der Waals surface area contributed by atoms with Crippen LogP contribution in [0.15, 0.2) is 77.7 Å². The zero-order chi connectivity index (χ0) is 16.4. The summed E-state index contributed by atoms with van der Waals surface area (Å²) in [6.45, 7) is 0. The first-order valence-corrected chi connectivity index (χ1v) is 8.18. The molecule has 116 valence electrons. The minimum absolute atomic E-state index is 0.498. The summed E-state index contributed by atoms with van der Waals surface area (Å²) in [4.78, 5) is 12.8. The maximum atomic E-state index is 5.87. The van der Waals surface area contributed by atoms with Gasteiger partial charge in [0.05, 0.1) is 11.2 Å². The van der Waals surface area contributed by atoms with Crippen molar-refractivity contribution in [3.05, 3.63) is 77.7 Å². The normalized spacial score (nSPS) is 10.7. The fraction of sp³-hybridized carbons (Fsp3) is 0. The Morgan fingerprint density at radius 2 is 1.71 bits per heavy atom. The Kier molecular flexibility index (Phi) is 3.92. The van der Waals surface area contributed by atoms with Gasteiger partial charge in [-0.05, 0) is 30.3 Å². The molecule has 4 rings (SSSR count). The number of fused-ring (bicyclic) bond motifs is 1. The van der Waals surface area contributed by atoms with Crippen molar-refractivity contribution >= 4 is 26.8 Å². The number of benzene rings is 2. The van der Waals surface area contributed by atoms with E-state index in [9.17, 15) is 0 Å². The molecule has 0 aliphatic heterocycles. The molecule has 0 bridgehead atoms. The molecule has 2 aromatic carbocycles. The van der Waals surface area contributed by atoms with Crippen molar-refractivity contribution in [2.45, 2.75) is 0 Å². The van der Waals surface area contributed by atoms with Gasteiger partial charge in [0.15, 0.2) is 0 Å². The first-order valence-electron chi connectivity index (χ1n) is 7.38. The molecule has 0 N–H and O–H groups in total. The molecule has 0 fully saturated rings. The van der Waals surface area contributed by atoms with Crippen LogP contribution in [0.2, 0.25) is 0 Å². The van der Waals surface area contributed by atoms with E-state index in [0.717, 1.165) is 26.6 Å². The second kappa shape index (κ2) is 6.37. The Labute approximate surface area is 147 Å². The molecule has 5 heteroatoms. The molecule has 0 atom stereocenters. The van der Waals surface area contributed by atoms with Gasteiger partial charge in [0, 0.05) is 33.8 Å². The van der Waals surface area contributed by atoms with E-state index < -0.39 is 0 Å². The lowest BCUT2D eigenvalue weighted by atomic mass is 10.1. The molecule has 2 heterocycles. The number of rotatable bonds is 3. The minimum Gasteiger partial charge on any atom is -0.439 e. The van der Waals surface area contributed by atoms with Gasteiger partial charge in [-0.3, -0.25) is 4.98 Å². The fourth-order valence-corrected chi connectivity index (χ4v) is 2.67. The van der Waals surface area contributed by atoms with Gasteiger partial charge in [0.2, 0.25) is 5.88 Å². The first kappa shape index (κ1) is 14.8. The number of ether oxygens (including phenoxy) is 1. The third-order valence-electron chi connectivity index (χ3n) is 3.58. The molecule has 0 aliphatic rings. The largest absolute Gasteiger partial charge is 0.439 e.